The van der Waals surface area contributed by atoms with E-state index in [-0.39, 0.29) is 5.57 Å². The number of carbonyl (C=O) groups is 1. The van der Waals surface area contributed by atoms with E-state index in [0.29, 0.717) is 19.3 Å². The number of ether oxygens (including phenoxy) is 1. The number of hydrogen-bond donors (Lipinski definition) is 2. The molecule has 0 aromatic heterocycles. The van der Waals surface area contributed by atoms with Crippen LogP contribution >= 0.6 is 0 Å². The minimum atomic E-state index is -0.981. The zero-order valence-electron chi connectivity index (χ0n) is 12.2. The number of carboxylic acids is 1. The predicted octanol–water partition coefficient (Wildman–Crippen LogP) is 2.23. The Kier molecular flexibility index (Phi) is 4.65. The topological polar surface area (TPSA) is 67.8 Å². The van der Waals surface area contributed by atoms with Crippen molar-refractivity contribution in [2.45, 2.75) is 19.3 Å². The van der Waals surface area contributed by atoms with Crippen molar-refractivity contribution >= 4 is 5.97 Å². The SMILES string of the molecule is C=C(CC1=C(NOC)Cc2cccc(OC)c2C1)C(=O)O. The maximum absolute atomic E-state index is 11.0. The normalized spacial score (nSPS) is 13.6. The summed E-state index contributed by atoms with van der Waals surface area (Å²) in [4.78, 5) is 16.0. The molecule has 0 saturated carbocycles. The third-order valence-electron chi connectivity index (χ3n) is 3.59. The van der Waals surface area contributed by atoms with Crippen LogP contribution in [0.2, 0.25) is 0 Å². The highest BCUT2D eigenvalue weighted by molar-refractivity contribution is 5.86. The first-order valence-corrected chi connectivity index (χ1v) is 6.62. The summed E-state index contributed by atoms with van der Waals surface area (Å²) in [6.45, 7) is 3.61. The molecule has 21 heavy (non-hydrogen) atoms. The minimum Gasteiger partial charge on any atom is -0.496 e. The number of methoxy groups -OCH3 is 1. The van der Waals surface area contributed by atoms with Crippen LogP contribution in [0.4, 0.5) is 0 Å². The molecule has 0 heterocycles. The van der Waals surface area contributed by atoms with Gasteiger partial charge in [0.05, 0.1) is 14.2 Å². The van der Waals surface area contributed by atoms with Gasteiger partial charge in [0, 0.05) is 29.7 Å². The van der Waals surface area contributed by atoms with E-state index in [2.05, 4.69) is 12.1 Å². The monoisotopic (exact) mass is 289 g/mol. The number of hydroxylamine groups is 1. The van der Waals surface area contributed by atoms with Gasteiger partial charge in [-0.2, -0.15) is 0 Å². The molecule has 0 bridgehead atoms. The zero-order chi connectivity index (χ0) is 15.4. The molecule has 0 unspecified atom stereocenters. The van der Waals surface area contributed by atoms with Crippen LogP contribution in [0.1, 0.15) is 17.5 Å². The van der Waals surface area contributed by atoms with Gasteiger partial charge >= 0.3 is 5.97 Å². The standard InChI is InChI=1S/C16H19NO4/c1-10(16(18)19)7-12-8-13-11(9-14(12)17-21-3)5-4-6-15(13)20-2/h4-6,17H,1,7-9H2,2-3H3,(H,18,19). The van der Waals surface area contributed by atoms with E-state index >= 15 is 0 Å². The van der Waals surface area contributed by atoms with Crippen molar-refractivity contribution in [2.75, 3.05) is 14.2 Å². The molecule has 0 atom stereocenters. The molecule has 112 valence electrons. The average Bonchev–Trinajstić information content (AvgIpc) is 2.47. The molecular weight excluding hydrogens is 270 g/mol. The fourth-order valence-electron chi connectivity index (χ4n) is 2.54. The summed E-state index contributed by atoms with van der Waals surface area (Å²) in [6, 6.07) is 5.90. The van der Waals surface area contributed by atoms with Crippen LogP contribution in [0.3, 0.4) is 0 Å². The molecule has 0 spiro atoms. The van der Waals surface area contributed by atoms with Gasteiger partial charge in [0.1, 0.15) is 5.75 Å². The summed E-state index contributed by atoms with van der Waals surface area (Å²) in [7, 11) is 3.18. The van der Waals surface area contributed by atoms with Gasteiger partial charge in [0.2, 0.25) is 0 Å². The quantitative estimate of drug-likeness (QED) is 0.621. The Balaban J connectivity index is 2.34. The van der Waals surface area contributed by atoms with Crippen molar-refractivity contribution in [1.82, 2.24) is 5.48 Å². The molecule has 0 aliphatic heterocycles. The van der Waals surface area contributed by atoms with E-state index in [4.69, 9.17) is 14.7 Å². The van der Waals surface area contributed by atoms with Crippen LogP contribution in [0.5, 0.6) is 5.75 Å². The van der Waals surface area contributed by atoms with Crippen LogP contribution < -0.4 is 10.2 Å². The van der Waals surface area contributed by atoms with Gasteiger partial charge in [-0.25, -0.2) is 4.79 Å². The van der Waals surface area contributed by atoms with Crippen LogP contribution in [-0.2, 0) is 22.5 Å². The van der Waals surface area contributed by atoms with Crippen molar-refractivity contribution in [1.29, 1.82) is 0 Å². The first-order chi connectivity index (χ1) is 10.1. The van der Waals surface area contributed by atoms with E-state index < -0.39 is 5.97 Å². The Morgan fingerprint density at radius 3 is 2.76 bits per heavy atom. The first kappa shape index (κ1) is 15.1. The molecule has 1 aromatic rings. The molecule has 1 aliphatic carbocycles. The van der Waals surface area contributed by atoms with Gasteiger partial charge in [-0.05, 0) is 23.6 Å². The summed E-state index contributed by atoms with van der Waals surface area (Å²) < 4.78 is 5.40. The van der Waals surface area contributed by atoms with E-state index in [1.54, 1.807) is 7.11 Å². The highest BCUT2D eigenvalue weighted by atomic mass is 16.6. The molecule has 0 amide bonds. The summed E-state index contributed by atoms with van der Waals surface area (Å²) >= 11 is 0. The lowest BCUT2D eigenvalue weighted by Crippen LogP contribution is -2.22. The van der Waals surface area contributed by atoms with Crippen LogP contribution in [0.25, 0.3) is 0 Å². The van der Waals surface area contributed by atoms with Gasteiger partial charge < -0.3 is 9.84 Å². The molecule has 1 aromatic carbocycles. The Labute approximate surface area is 123 Å². The second-order valence-corrected chi connectivity index (χ2v) is 4.93. The molecule has 0 radical (unpaired) electrons. The highest BCUT2D eigenvalue weighted by Crippen LogP contribution is 2.33. The number of benzene rings is 1. The average molecular weight is 289 g/mol. The molecule has 2 N–H and O–H groups in total. The molecule has 0 fully saturated rings. The van der Waals surface area contributed by atoms with Gasteiger partial charge in [-0.1, -0.05) is 18.7 Å². The fourth-order valence-corrected chi connectivity index (χ4v) is 2.54. The lowest BCUT2D eigenvalue weighted by atomic mass is 9.86. The maximum Gasteiger partial charge on any atom is 0.331 e. The smallest absolute Gasteiger partial charge is 0.331 e. The summed E-state index contributed by atoms with van der Waals surface area (Å²) in [5.74, 6) is -0.160. The molecule has 1 aliphatic rings. The van der Waals surface area contributed by atoms with Crippen molar-refractivity contribution in [3.63, 3.8) is 0 Å². The number of aliphatic carboxylic acids is 1. The fraction of sp³-hybridized carbons (Fsp3) is 0.312. The van der Waals surface area contributed by atoms with Crippen molar-refractivity contribution in [2.24, 2.45) is 0 Å². The molecular formula is C16H19NO4. The number of nitrogens with one attached hydrogen (secondary N) is 1. The van der Waals surface area contributed by atoms with Crippen molar-refractivity contribution in [3.8, 4) is 5.75 Å². The number of carboxylic acid groups (broad SMARTS) is 1. The zero-order valence-corrected chi connectivity index (χ0v) is 12.2. The van der Waals surface area contributed by atoms with E-state index in [9.17, 15) is 4.79 Å². The van der Waals surface area contributed by atoms with E-state index in [1.807, 2.05) is 18.2 Å². The number of hydrogen-bond acceptors (Lipinski definition) is 4. The van der Waals surface area contributed by atoms with Crippen molar-refractivity contribution in [3.05, 3.63) is 52.7 Å². The van der Waals surface area contributed by atoms with Gasteiger partial charge in [-0.15, -0.1) is 0 Å². The summed E-state index contributed by atoms with van der Waals surface area (Å²) in [6.07, 6.45) is 1.58. The molecule has 5 heteroatoms. The van der Waals surface area contributed by atoms with Gasteiger partial charge in [0.15, 0.2) is 0 Å². The van der Waals surface area contributed by atoms with Crippen LogP contribution in [0.15, 0.2) is 41.6 Å². The Bertz CT molecular complexity index is 604. The Hall–Kier alpha value is -2.27. The molecule has 5 nitrogen and oxygen atoms in total. The first-order valence-electron chi connectivity index (χ1n) is 6.62. The van der Waals surface area contributed by atoms with Crippen molar-refractivity contribution < 1.29 is 19.5 Å². The maximum atomic E-state index is 11.0. The highest BCUT2D eigenvalue weighted by Gasteiger charge is 2.22. The number of rotatable bonds is 6. The second-order valence-electron chi connectivity index (χ2n) is 4.93. The summed E-state index contributed by atoms with van der Waals surface area (Å²) in [5, 5.41) is 9.03. The van der Waals surface area contributed by atoms with E-state index in [1.165, 1.54) is 7.11 Å². The lowest BCUT2D eigenvalue weighted by Gasteiger charge is -2.25. The Morgan fingerprint density at radius 1 is 1.38 bits per heavy atom. The molecule has 2 rings (SSSR count). The van der Waals surface area contributed by atoms with Crippen LogP contribution in [0, 0.1) is 0 Å². The van der Waals surface area contributed by atoms with Gasteiger partial charge in [0.25, 0.3) is 0 Å². The molecule has 0 saturated heterocycles. The van der Waals surface area contributed by atoms with E-state index in [0.717, 1.165) is 28.1 Å². The third kappa shape index (κ3) is 3.25. The van der Waals surface area contributed by atoms with Crippen LogP contribution in [-0.4, -0.2) is 25.3 Å². The number of fused-ring (bicyclic) bond motifs is 1. The third-order valence-corrected chi connectivity index (χ3v) is 3.59. The summed E-state index contributed by atoms with van der Waals surface area (Å²) in [5.41, 5.74) is 7.12. The lowest BCUT2D eigenvalue weighted by molar-refractivity contribution is -0.132. The largest absolute Gasteiger partial charge is 0.496 e. The second kappa shape index (κ2) is 6.45. The predicted molar refractivity (Wildman–Crippen MR) is 79.0 cm³/mol. The van der Waals surface area contributed by atoms with Gasteiger partial charge in [-0.3, -0.25) is 10.3 Å². The minimum absolute atomic E-state index is 0.166. The Morgan fingerprint density at radius 2 is 2.14 bits per heavy atom. The number of allylic oxidation sites excluding steroid dienone is 2.